The lowest BCUT2D eigenvalue weighted by molar-refractivity contribution is 0.209. The van der Waals surface area contributed by atoms with E-state index in [1.807, 2.05) is 26.0 Å². The van der Waals surface area contributed by atoms with Crippen LogP contribution in [0.5, 0.6) is 11.5 Å². The van der Waals surface area contributed by atoms with Gasteiger partial charge in [0.25, 0.3) is 0 Å². The molecule has 9 heteroatoms. The van der Waals surface area contributed by atoms with Gasteiger partial charge in [-0.1, -0.05) is 26.0 Å². The Kier molecular flexibility index (Phi) is 5.14. The number of hydrogen-bond acceptors (Lipinski definition) is 5. The molecule has 0 unspecified atom stereocenters. The van der Waals surface area contributed by atoms with Crippen LogP contribution in [-0.4, -0.2) is 28.1 Å². The molecule has 0 spiro atoms. The molecule has 1 amide bonds. The number of halogens is 1. The molecule has 116 valence electrons. The maximum Gasteiger partial charge on any atom is 0.410 e. The summed E-state index contributed by atoms with van der Waals surface area (Å²) < 4.78 is 26.9. The Morgan fingerprint density at radius 3 is 2.33 bits per heavy atom. The number of rotatable bonds is 5. The molecule has 0 saturated heterocycles. The molecule has 2 rings (SSSR count). The predicted molar refractivity (Wildman–Crippen MR) is 85.4 cm³/mol. The number of para-hydroxylation sites is 2. The van der Waals surface area contributed by atoms with E-state index in [1.54, 1.807) is 16.2 Å². The number of carbonyl (C=O) groups is 1. The van der Waals surface area contributed by atoms with Gasteiger partial charge in [0.05, 0.1) is 12.1 Å². The number of benzene rings is 1. The van der Waals surface area contributed by atoms with Crippen molar-refractivity contribution in [2.45, 2.75) is 13.8 Å². The van der Waals surface area contributed by atoms with Crippen molar-refractivity contribution in [3.8, 4) is 11.5 Å². The van der Waals surface area contributed by atoms with Gasteiger partial charge in [0.15, 0.2) is 11.5 Å². The van der Waals surface area contributed by atoms with E-state index in [4.69, 9.17) is 20.9 Å². The van der Waals surface area contributed by atoms with Crippen molar-refractivity contribution in [2.24, 2.45) is 5.92 Å². The number of carbonyl (C=O) groups excluding carboxylic acids is 1. The molecule has 0 fully saturated rings. The van der Waals surface area contributed by atoms with Gasteiger partial charge in [0.1, 0.15) is 0 Å². The topological polar surface area (TPSA) is 42.0 Å². The second-order valence-corrected chi connectivity index (χ2v) is 9.45. The minimum Gasteiger partial charge on any atom is -0.420 e. The highest BCUT2D eigenvalue weighted by atomic mass is 32.5. The Morgan fingerprint density at radius 2 is 1.90 bits per heavy atom. The second kappa shape index (κ2) is 6.52. The molecule has 0 N–H and O–H groups in total. The van der Waals surface area contributed by atoms with Crippen molar-refractivity contribution in [1.29, 1.82) is 0 Å². The number of amides is 1. The van der Waals surface area contributed by atoms with Crippen molar-refractivity contribution in [3.63, 3.8) is 0 Å². The first kappa shape index (κ1) is 16.5. The van der Waals surface area contributed by atoms with Gasteiger partial charge in [-0.2, -0.15) is 0 Å². The average molecular weight is 350 g/mol. The molecule has 5 nitrogen and oxygen atoms in total. The zero-order valence-corrected chi connectivity index (χ0v) is 14.4. The van der Waals surface area contributed by atoms with Crippen molar-refractivity contribution in [3.05, 3.63) is 24.3 Å². The normalized spacial score (nSPS) is 15.5. The van der Waals surface area contributed by atoms with Gasteiger partial charge < -0.3 is 9.05 Å². The molecule has 0 atom stereocenters. The molecule has 1 heterocycles. The molecule has 0 radical (unpaired) electrons. The minimum atomic E-state index is -2.84. The van der Waals surface area contributed by atoms with E-state index in [2.05, 4.69) is 0 Å². The summed E-state index contributed by atoms with van der Waals surface area (Å²) in [6.07, 6.45) is -1.55. The summed E-state index contributed by atoms with van der Waals surface area (Å²) in [5.74, 6) is 1.39. The molecule has 0 bridgehead atoms. The SMILES string of the molecule is CC(C)CN(SN(C)C(=O)F)P1(=S)Oc2ccccc2O1. The van der Waals surface area contributed by atoms with Crippen LogP contribution in [0.2, 0.25) is 0 Å². The van der Waals surface area contributed by atoms with Crippen LogP contribution < -0.4 is 9.05 Å². The average Bonchev–Trinajstić information content (AvgIpc) is 2.74. The predicted octanol–water partition coefficient (Wildman–Crippen LogP) is 4.22. The third-order valence-corrected chi connectivity index (χ3v) is 7.04. The Bertz CT molecular complexity index is 558. The quantitative estimate of drug-likeness (QED) is 0.343. The van der Waals surface area contributed by atoms with Gasteiger partial charge >= 0.3 is 12.8 Å². The van der Waals surface area contributed by atoms with E-state index >= 15 is 0 Å². The van der Waals surface area contributed by atoms with Crippen LogP contribution in [0.4, 0.5) is 9.18 Å². The molecule has 0 aliphatic carbocycles. The lowest BCUT2D eigenvalue weighted by Gasteiger charge is -2.30. The van der Waals surface area contributed by atoms with Crippen molar-refractivity contribution in [2.75, 3.05) is 13.6 Å². The Labute approximate surface area is 132 Å². The summed E-state index contributed by atoms with van der Waals surface area (Å²) in [6, 6.07) is 7.19. The largest absolute Gasteiger partial charge is 0.420 e. The van der Waals surface area contributed by atoms with E-state index in [1.165, 1.54) is 7.05 Å². The monoisotopic (exact) mass is 350 g/mol. The first-order valence-corrected chi connectivity index (χ1v) is 9.61. The van der Waals surface area contributed by atoms with Gasteiger partial charge in [-0.15, -0.1) is 8.47 Å². The second-order valence-electron chi connectivity index (χ2n) is 4.86. The molecule has 0 aromatic heterocycles. The van der Waals surface area contributed by atoms with Crippen LogP contribution >= 0.6 is 18.8 Å². The van der Waals surface area contributed by atoms with Crippen LogP contribution in [0.25, 0.3) is 0 Å². The first-order chi connectivity index (χ1) is 9.82. The molecular weight excluding hydrogens is 334 g/mol. The van der Waals surface area contributed by atoms with E-state index in [-0.39, 0.29) is 5.92 Å². The van der Waals surface area contributed by atoms with E-state index in [0.29, 0.717) is 18.0 Å². The van der Waals surface area contributed by atoms with Gasteiger partial charge in [0, 0.05) is 25.4 Å². The summed E-state index contributed by atoms with van der Waals surface area (Å²) in [7, 11) is 1.34. The maximum atomic E-state index is 12.8. The fourth-order valence-electron chi connectivity index (χ4n) is 1.62. The van der Waals surface area contributed by atoms with Crippen LogP contribution in [0.3, 0.4) is 0 Å². The summed E-state index contributed by atoms with van der Waals surface area (Å²) in [5.41, 5.74) is 0. The number of hydrogen-bond donors (Lipinski definition) is 0. The molecule has 1 aromatic carbocycles. The third-order valence-electron chi connectivity index (χ3n) is 2.54. The standard InChI is InChI=1S/C12H16FN2O3PS2/c1-9(2)8-15(21-14(3)12(13)16)19(20)17-10-6-4-5-7-11(10)18-19/h4-7,9H,8H2,1-3H3. The van der Waals surface area contributed by atoms with E-state index < -0.39 is 12.8 Å². The molecule has 1 aliphatic heterocycles. The Hall–Kier alpha value is -0.820. The van der Waals surface area contributed by atoms with Crippen LogP contribution in [0.15, 0.2) is 24.3 Å². The van der Waals surface area contributed by atoms with Gasteiger partial charge in [0.2, 0.25) is 0 Å². The van der Waals surface area contributed by atoms with Crippen molar-refractivity contribution < 1.29 is 18.2 Å². The summed E-state index contributed by atoms with van der Waals surface area (Å²) >= 11 is 6.41. The maximum absolute atomic E-state index is 12.8. The van der Waals surface area contributed by atoms with E-state index in [0.717, 1.165) is 16.4 Å². The summed E-state index contributed by atoms with van der Waals surface area (Å²) in [5, 5.41) is 0. The molecule has 1 aliphatic rings. The molecule has 1 aromatic rings. The van der Waals surface area contributed by atoms with Crippen molar-refractivity contribution >= 4 is 36.7 Å². The Balaban J connectivity index is 2.21. The number of fused-ring (bicyclic) bond motifs is 1. The fourth-order valence-corrected chi connectivity index (χ4v) is 5.72. The molecule has 0 saturated carbocycles. The van der Waals surface area contributed by atoms with Crippen LogP contribution in [0.1, 0.15) is 13.8 Å². The zero-order chi connectivity index (χ0) is 15.6. The van der Waals surface area contributed by atoms with Crippen LogP contribution in [-0.2, 0) is 11.8 Å². The molecular formula is C12H16FN2O3PS2. The highest BCUT2D eigenvalue weighted by Gasteiger charge is 2.40. The number of nitrogens with zero attached hydrogens (tertiary/aromatic N) is 2. The lowest BCUT2D eigenvalue weighted by atomic mass is 10.2. The fraction of sp³-hybridized carbons (Fsp3) is 0.417. The molecule has 21 heavy (non-hydrogen) atoms. The van der Waals surface area contributed by atoms with Crippen LogP contribution in [0, 0.1) is 5.92 Å². The van der Waals surface area contributed by atoms with Crippen molar-refractivity contribution in [1.82, 2.24) is 8.38 Å². The first-order valence-electron chi connectivity index (χ1n) is 6.29. The summed E-state index contributed by atoms with van der Waals surface area (Å²) in [4.78, 5) is 10.8. The van der Waals surface area contributed by atoms with Gasteiger partial charge in [-0.25, -0.2) is 9.10 Å². The minimum absolute atomic E-state index is 0.247. The van der Waals surface area contributed by atoms with Gasteiger partial charge in [-0.3, -0.25) is 0 Å². The van der Waals surface area contributed by atoms with E-state index in [9.17, 15) is 9.18 Å². The smallest absolute Gasteiger partial charge is 0.410 e. The highest BCUT2D eigenvalue weighted by Crippen LogP contribution is 2.63. The Morgan fingerprint density at radius 1 is 1.38 bits per heavy atom. The highest BCUT2D eigenvalue weighted by molar-refractivity contribution is 8.15. The van der Waals surface area contributed by atoms with Gasteiger partial charge in [-0.05, 0) is 18.1 Å². The third kappa shape index (κ3) is 3.88. The summed E-state index contributed by atoms with van der Waals surface area (Å²) in [6.45, 7) is 1.66. The lowest BCUT2D eigenvalue weighted by Crippen LogP contribution is -2.27. The zero-order valence-electron chi connectivity index (χ0n) is 11.9.